The molecule has 0 heterocycles. The SMILES string of the molecule is C=CC(=O)Oc1ccc(C=CC(=O)CC(=O)C=Cc2ccc(O)c(OC)c2)cc1OC. The predicted molar refractivity (Wildman–Crippen MR) is 116 cm³/mol. The van der Waals surface area contributed by atoms with Crippen molar-refractivity contribution in [1.82, 2.24) is 0 Å². The molecule has 0 atom stereocenters. The first-order chi connectivity index (χ1) is 14.9. The maximum atomic E-state index is 12.1. The van der Waals surface area contributed by atoms with Gasteiger partial charge in [-0.25, -0.2) is 4.79 Å². The average molecular weight is 422 g/mol. The highest BCUT2D eigenvalue weighted by Gasteiger charge is 2.09. The van der Waals surface area contributed by atoms with Crippen LogP contribution >= 0.6 is 0 Å². The van der Waals surface area contributed by atoms with E-state index in [4.69, 9.17) is 14.2 Å². The summed E-state index contributed by atoms with van der Waals surface area (Å²) in [5.74, 6) is -0.543. The molecule has 0 fully saturated rings. The summed E-state index contributed by atoms with van der Waals surface area (Å²) in [4.78, 5) is 35.5. The third-order valence-electron chi connectivity index (χ3n) is 4.04. The molecule has 0 saturated heterocycles. The standard InChI is InChI=1S/C24H22O7/c1-4-24(28)31-21-12-8-17(14-23(21)30-3)6-10-19(26)15-18(25)9-5-16-7-11-20(27)22(13-16)29-2/h4-14,27H,1,15H2,2-3H3. The largest absolute Gasteiger partial charge is 0.504 e. The summed E-state index contributed by atoms with van der Waals surface area (Å²) < 4.78 is 15.2. The van der Waals surface area contributed by atoms with Crippen molar-refractivity contribution in [2.24, 2.45) is 0 Å². The first-order valence-electron chi connectivity index (χ1n) is 9.17. The Hall–Kier alpha value is -4.13. The first kappa shape index (κ1) is 23.2. The van der Waals surface area contributed by atoms with Gasteiger partial charge in [-0.05, 0) is 47.5 Å². The number of methoxy groups -OCH3 is 2. The van der Waals surface area contributed by atoms with Gasteiger partial charge in [0.2, 0.25) is 0 Å². The van der Waals surface area contributed by atoms with E-state index in [1.807, 2.05) is 0 Å². The Morgan fingerprint density at radius 2 is 1.42 bits per heavy atom. The molecule has 2 aromatic rings. The number of esters is 1. The van der Waals surface area contributed by atoms with Gasteiger partial charge in [0.1, 0.15) is 0 Å². The summed E-state index contributed by atoms with van der Waals surface area (Å²) in [6, 6.07) is 9.41. The quantitative estimate of drug-likeness (QED) is 0.269. The number of aromatic hydroxyl groups is 1. The normalized spacial score (nSPS) is 10.8. The maximum Gasteiger partial charge on any atom is 0.335 e. The van der Waals surface area contributed by atoms with Crippen LogP contribution in [0.5, 0.6) is 23.0 Å². The maximum absolute atomic E-state index is 12.1. The van der Waals surface area contributed by atoms with Crippen molar-refractivity contribution in [3.05, 3.63) is 72.3 Å². The summed E-state index contributed by atoms with van der Waals surface area (Å²) in [5.41, 5.74) is 1.28. The van der Waals surface area contributed by atoms with Gasteiger partial charge in [0.25, 0.3) is 0 Å². The summed E-state index contributed by atoms with van der Waals surface area (Å²) in [6.45, 7) is 3.33. The number of benzene rings is 2. The fraction of sp³-hybridized carbons (Fsp3) is 0.125. The van der Waals surface area contributed by atoms with Crippen molar-refractivity contribution in [3.63, 3.8) is 0 Å². The monoisotopic (exact) mass is 422 g/mol. The van der Waals surface area contributed by atoms with Crippen LogP contribution in [0.1, 0.15) is 17.5 Å². The number of hydrogen-bond donors (Lipinski definition) is 1. The van der Waals surface area contributed by atoms with E-state index in [-0.39, 0.29) is 35.2 Å². The highest BCUT2D eigenvalue weighted by molar-refractivity contribution is 6.10. The van der Waals surface area contributed by atoms with Gasteiger partial charge in [-0.1, -0.05) is 30.9 Å². The van der Waals surface area contributed by atoms with E-state index in [9.17, 15) is 19.5 Å². The van der Waals surface area contributed by atoms with E-state index in [0.29, 0.717) is 16.9 Å². The zero-order chi connectivity index (χ0) is 22.8. The Kier molecular flexibility index (Phi) is 8.33. The number of carbonyl (C=O) groups excluding carboxylic acids is 3. The van der Waals surface area contributed by atoms with Crippen molar-refractivity contribution in [3.8, 4) is 23.0 Å². The van der Waals surface area contributed by atoms with Gasteiger partial charge in [-0.3, -0.25) is 9.59 Å². The Balaban J connectivity index is 1.99. The van der Waals surface area contributed by atoms with E-state index < -0.39 is 5.97 Å². The lowest BCUT2D eigenvalue weighted by atomic mass is 10.1. The fourth-order valence-electron chi connectivity index (χ4n) is 2.49. The van der Waals surface area contributed by atoms with Crippen LogP contribution in [0.25, 0.3) is 12.2 Å². The zero-order valence-corrected chi connectivity index (χ0v) is 17.2. The van der Waals surface area contributed by atoms with Gasteiger partial charge >= 0.3 is 5.97 Å². The smallest absolute Gasteiger partial charge is 0.335 e. The van der Waals surface area contributed by atoms with Crippen LogP contribution in [-0.2, 0) is 14.4 Å². The summed E-state index contributed by atoms with van der Waals surface area (Å²) >= 11 is 0. The number of ether oxygens (including phenoxy) is 3. The first-order valence-corrected chi connectivity index (χ1v) is 9.17. The minimum absolute atomic E-state index is 0.00479. The molecule has 31 heavy (non-hydrogen) atoms. The lowest BCUT2D eigenvalue weighted by Gasteiger charge is -2.08. The molecule has 7 nitrogen and oxygen atoms in total. The van der Waals surface area contributed by atoms with Gasteiger partial charge in [-0.2, -0.15) is 0 Å². The Labute approximate surface area is 179 Å². The average Bonchev–Trinajstić information content (AvgIpc) is 2.77. The number of carbonyl (C=O) groups is 3. The molecule has 0 aliphatic rings. The summed E-state index contributed by atoms with van der Waals surface area (Å²) in [7, 11) is 2.85. The third-order valence-corrected chi connectivity index (χ3v) is 4.04. The third kappa shape index (κ3) is 7.01. The van der Waals surface area contributed by atoms with Crippen LogP contribution in [0.4, 0.5) is 0 Å². The van der Waals surface area contributed by atoms with Crippen molar-refractivity contribution in [2.75, 3.05) is 14.2 Å². The molecular formula is C24H22O7. The molecule has 2 aromatic carbocycles. The predicted octanol–water partition coefficient (Wildman–Crippen LogP) is 3.76. The van der Waals surface area contributed by atoms with Gasteiger partial charge in [0, 0.05) is 6.08 Å². The number of rotatable bonds is 10. The van der Waals surface area contributed by atoms with E-state index in [2.05, 4.69) is 6.58 Å². The van der Waals surface area contributed by atoms with Crippen LogP contribution in [-0.4, -0.2) is 36.9 Å². The second kappa shape index (κ2) is 11.2. The lowest BCUT2D eigenvalue weighted by Crippen LogP contribution is -2.04. The summed E-state index contributed by atoms with van der Waals surface area (Å²) in [5, 5.41) is 9.58. The van der Waals surface area contributed by atoms with Crippen molar-refractivity contribution in [1.29, 1.82) is 0 Å². The van der Waals surface area contributed by atoms with Crippen molar-refractivity contribution in [2.45, 2.75) is 6.42 Å². The van der Waals surface area contributed by atoms with Crippen LogP contribution < -0.4 is 14.2 Å². The number of phenols is 1. The molecule has 160 valence electrons. The molecule has 0 aromatic heterocycles. The van der Waals surface area contributed by atoms with E-state index in [0.717, 1.165) is 6.08 Å². The lowest BCUT2D eigenvalue weighted by molar-refractivity contribution is -0.129. The van der Waals surface area contributed by atoms with Gasteiger partial charge < -0.3 is 19.3 Å². The Bertz CT molecular complexity index is 1050. The molecule has 0 spiro atoms. The number of ketones is 2. The molecule has 7 heteroatoms. The molecule has 0 radical (unpaired) electrons. The molecule has 1 N–H and O–H groups in total. The van der Waals surface area contributed by atoms with Crippen LogP contribution in [0.15, 0.2) is 61.2 Å². The van der Waals surface area contributed by atoms with E-state index in [1.54, 1.807) is 24.3 Å². The molecule has 0 aliphatic carbocycles. The fourth-order valence-corrected chi connectivity index (χ4v) is 2.49. The second-order valence-electron chi connectivity index (χ2n) is 6.24. The van der Waals surface area contributed by atoms with Crippen molar-refractivity contribution < 1.29 is 33.7 Å². The highest BCUT2D eigenvalue weighted by atomic mass is 16.6. The van der Waals surface area contributed by atoms with Gasteiger partial charge in [0.05, 0.1) is 20.6 Å². The summed E-state index contributed by atoms with van der Waals surface area (Å²) in [6.07, 6.45) is 6.40. The van der Waals surface area contributed by atoms with Crippen LogP contribution in [0, 0.1) is 0 Å². The number of allylic oxidation sites excluding steroid dienone is 2. The number of phenolic OH excluding ortho intramolecular Hbond substituents is 1. The van der Waals surface area contributed by atoms with Crippen molar-refractivity contribution >= 4 is 29.7 Å². The zero-order valence-electron chi connectivity index (χ0n) is 17.2. The molecule has 0 aliphatic heterocycles. The van der Waals surface area contributed by atoms with Crippen LogP contribution in [0.2, 0.25) is 0 Å². The Morgan fingerprint density at radius 3 is 1.97 bits per heavy atom. The molecule has 0 unspecified atom stereocenters. The van der Waals surface area contributed by atoms with E-state index in [1.165, 1.54) is 50.7 Å². The topological polar surface area (TPSA) is 99.1 Å². The minimum atomic E-state index is -0.617. The molecule has 0 amide bonds. The Morgan fingerprint density at radius 1 is 0.871 bits per heavy atom. The molecule has 2 rings (SSSR count). The molecule has 0 bridgehead atoms. The minimum Gasteiger partial charge on any atom is -0.504 e. The number of hydrogen-bond acceptors (Lipinski definition) is 7. The molecule has 0 saturated carbocycles. The van der Waals surface area contributed by atoms with E-state index >= 15 is 0 Å². The highest BCUT2D eigenvalue weighted by Crippen LogP contribution is 2.29. The second-order valence-corrected chi connectivity index (χ2v) is 6.24. The van der Waals surface area contributed by atoms with Crippen LogP contribution in [0.3, 0.4) is 0 Å². The van der Waals surface area contributed by atoms with Gasteiger partial charge in [-0.15, -0.1) is 0 Å². The molecular weight excluding hydrogens is 400 g/mol. The van der Waals surface area contributed by atoms with Gasteiger partial charge in [0.15, 0.2) is 34.6 Å².